The van der Waals surface area contributed by atoms with Gasteiger partial charge in [-0.25, -0.2) is 9.97 Å². The van der Waals surface area contributed by atoms with Gasteiger partial charge in [0.05, 0.1) is 19.3 Å². The highest BCUT2D eigenvalue weighted by Gasteiger charge is 2.24. The normalized spacial score (nSPS) is 20.7. The van der Waals surface area contributed by atoms with Crippen LogP contribution in [0.1, 0.15) is 36.2 Å². The summed E-state index contributed by atoms with van der Waals surface area (Å²) in [6.45, 7) is 3.25. The van der Waals surface area contributed by atoms with E-state index in [-0.39, 0.29) is 18.1 Å². The van der Waals surface area contributed by atoms with E-state index in [1.165, 1.54) is 0 Å². The molecule has 9 heteroatoms. The highest BCUT2D eigenvalue weighted by atomic mass is 16.5. The second-order valence-electron chi connectivity index (χ2n) is 8.70. The Hall–Kier alpha value is -3.46. The van der Waals surface area contributed by atoms with Gasteiger partial charge in [0.2, 0.25) is 5.95 Å². The number of carbonyl (C=O) groups is 1. The summed E-state index contributed by atoms with van der Waals surface area (Å²) in [6, 6.07) is 10.2. The topological polar surface area (TPSA) is 102 Å². The first-order valence-corrected chi connectivity index (χ1v) is 11.9. The lowest BCUT2D eigenvalue weighted by atomic mass is 9.93. The summed E-state index contributed by atoms with van der Waals surface area (Å²) in [5.74, 6) is 1.11. The SMILES string of the molecule is CNC(=O)c1ccnc(NC2CCC(Oc3cc(N4CCOCC4)cc4cccnc34)CC2)n1. The number of nitrogens with zero attached hydrogens (tertiary/aromatic N) is 4. The number of hydrogen-bond donors (Lipinski definition) is 2. The molecule has 1 amide bonds. The molecule has 2 fully saturated rings. The lowest BCUT2D eigenvalue weighted by Crippen LogP contribution is -2.36. The van der Waals surface area contributed by atoms with Crippen LogP contribution in [0, 0.1) is 0 Å². The third-order valence-corrected chi connectivity index (χ3v) is 6.45. The number of amides is 1. The number of benzene rings is 1. The van der Waals surface area contributed by atoms with Crippen molar-refractivity contribution < 1.29 is 14.3 Å². The van der Waals surface area contributed by atoms with Crippen molar-refractivity contribution in [2.45, 2.75) is 37.8 Å². The Bertz CT molecular complexity index is 1140. The van der Waals surface area contributed by atoms with Crippen LogP contribution in [-0.4, -0.2) is 66.4 Å². The largest absolute Gasteiger partial charge is 0.488 e. The van der Waals surface area contributed by atoms with E-state index in [0.29, 0.717) is 11.6 Å². The summed E-state index contributed by atoms with van der Waals surface area (Å²) in [6.07, 6.45) is 7.26. The number of rotatable bonds is 6. The zero-order valence-corrected chi connectivity index (χ0v) is 19.4. The summed E-state index contributed by atoms with van der Waals surface area (Å²) in [5, 5.41) is 7.06. The number of nitrogens with one attached hydrogen (secondary N) is 2. The minimum atomic E-state index is -0.220. The van der Waals surface area contributed by atoms with Crippen LogP contribution in [0.15, 0.2) is 42.7 Å². The lowest BCUT2D eigenvalue weighted by Gasteiger charge is -2.31. The molecular weight excluding hydrogens is 432 g/mol. The van der Waals surface area contributed by atoms with E-state index >= 15 is 0 Å². The van der Waals surface area contributed by atoms with Crippen molar-refractivity contribution >= 4 is 28.4 Å². The Morgan fingerprint density at radius 1 is 1.09 bits per heavy atom. The molecule has 5 rings (SSSR count). The molecule has 1 saturated carbocycles. The standard InChI is InChI=1S/C25H30N6O3/c1-26-24(32)21-8-10-28-25(30-21)29-18-4-6-20(7-5-18)34-22-16-19(31-11-13-33-14-12-31)15-17-3-2-9-27-23(17)22/h2-3,8-10,15-16,18,20H,4-7,11-14H2,1H3,(H,26,32)(H,28,29,30). The van der Waals surface area contributed by atoms with E-state index in [1.54, 1.807) is 19.3 Å². The van der Waals surface area contributed by atoms with Crippen LogP contribution in [-0.2, 0) is 4.74 Å². The Morgan fingerprint density at radius 2 is 1.91 bits per heavy atom. The van der Waals surface area contributed by atoms with Crippen molar-refractivity contribution in [3.8, 4) is 5.75 Å². The van der Waals surface area contributed by atoms with Gasteiger partial charge in [0.1, 0.15) is 17.0 Å². The molecule has 1 aromatic carbocycles. The molecule has 1 aliphatic heterocycles. The highest BCUT2D eigenvalue weighted by Crippen LogP contribution is 2.34. The van der Waals surface area contributed by atoms with Gasteiger partial charge in [-0.05, 0) is 43.9 Å². The van der Waals surface area contributed by atoms with Crippen molar-refractivity contribution in [3.63, 3.8) is 0 Å². The van der Waals surface area contributed by atoms with Crippen LogP contribution in [0.4, 0.5) is 11.6 Å². The van der Waals surface area contributed by atoms with Crippen molar-refractivity contribution in [2.75, 3.05) is 43.6 Å². The fraction of sp³-hybridized carbons (Fsp3) is 0.440. The minimum Gasteiger partial charge on any atom is -0.488 e. The second-order valence-corrected chi connectivity index (χ2v) is 8.70. The highest BCUT2D eigenvalue weighted by molar-refractivity contribution is 5.92. The first-order valence-electron chi connectivity index (χ1n) is 11.9. The Kier molecular flexibility index (Phi) is 6.71. The van der Waals surface area contributed by atoms with Crippen LogP contribution in [0.25, 0.3) is 10.9 Å². The molecule has 1 saturated heterocycles. The quantitative estimate of drug-likeness (QED) is 0.577. The maximum absolute atomic E-state index is 11.8. The smallest absolute Gasteiger partial charge is 0.269 e. The van der Waals surface area contributed by atoms with Crippen LogP contribution in [0.2, 0.25) is 0 Å². The molecular formula is C25H30N6O3. The van der Waals surface area contributed by atoms with Crippen molar-refractivity contribution in [3.05, 3.63) is 48.4 Å². The second kappa shape index (κ2) is 10.2. The number of ether oxygens (including phenoxy) is 2. The molecule has 0 radical (unpaired) electrons. The molecule has 9 nitrogen and oxygen atoms in total. The summed E-state index contributed by atoms with van der Waals surface area (Å²) >= 11 is 0. The minimum absolute atomic E-state index is 0.126. The number of morpholine rings is 1. The van der Waals surface area contributed by atoms with E-state index in [2.05, 4.69) is 48.7 Å². The van der Waals surface area contributed by atoms with Gasteiger partial charge in [0, 0.05) is 55.7 Å². The fourth-order valence-electron chi connectivity index (χ4n) is 4.61. The Balaban J connectivity index is 1.25. The third kappa shape index (κ3) is 5.04. The first-order chi connectivity index (χ1) is 16.7. The average molecular weight is 463 g/mol. The molecule has 3 aromatic rings. The van der Waals surface area contributed by atoms with Gasteiger partial charge in [0.25, 0.3) is 5.91 Å². The molecule has 2 aromatic heterocycles. The fourth-order valence-corrected chi connectivity index (χ4v) is 4.61. The molecule has 3 heterocycles. The van der Waals surface area contributed by atoms with Crippen LogP contribution in [0.3, 0.4) is 0 Å². The molecule has 2 N–H and O–H groups in total. The summed E-state index contributed by atoms with van der Waals surface area (Å²) in [7, 11) is 1.59. The third-order valence-electron chi connectivity index (χ3n) is 6.45. The Morgan fingerprint density at radius 3 is 2.71 bits per heavy atom. The predicted molar refractivity (Wildman–Crippen MR) is 130 cm³/mol. The van der Waals surface area contributed by atoms with E-state index in [4.69, 9.17) is 9.47 Å². The zero-order valence-electron chi connectivity index (χ0n) is 19.4. The van der Waals surface area contributed by atoms with E-state index in [9.17, 15) is 4.79 Å². The maximum atomic E-state index is 11.8. The molecule has 34 heavy (non-hydrogen) atoms. The van der Waals surface area contributed by atoms with E-state index in [1.807, 2.05) is 12.3 Å². The molecule has 0 bridgehead atoms. The molecule has 1 aliphatic carbocycles. The number of anilines is 2. The maximum Gasteiger partial charge on any atom is 0.269 e. The van der Waals surface area contributed by atoms with Crippen molar-refractivity contribution in [1.29, 1.82) is 0 Å². The Labute approximate surface area is 198 Å². The monoisotopic (exact) mass is 462 g/mol. The predicted octanol–water partition coefficient (Wildman–Crippen LogP) is 3.02. The molecule has 2 aliphatic rings. The molecule has 0 atom stereocenters. The van der Waals surface area contributed by atoms with Gasteiger partial charge in [-0.3, -0.25) is 9.78 Å². The summed E-state index contributed by atoms with van der Waals surface area (Å²) in [5.41, 5.74) is 2.41. The number of hydrogen-bond acceptors (Lipinski definition) is 8. The van der Waals surface area contributed by atoms with Crippen LogP contribution in [0.5, 0.6) is 5.75 Å². The molecule has 0 unspecified atom stereocenters. The number of pyridine rings is 1. The van der Waals surface area contributed by atoms with E-state index < -0.39 is 0 Å². The van der Waals surface area contributed by atoms with Crippen molar-refractivity contribution in [2.24, 2.45) is 0 Å². The summed E-state index contributed by atoms with van der Waals surface area (Å²) < 4.78 is 12.0. The number of fused-ring (bicyclic) bond motifs is 1. The van der Waals surface area contributed by atoms with Gasteiger partial charge < -0.3 is 25.0 Å². The molecule has 0 spiro atoms. The number of carbonyl (C=O) groups excluding carboxylic acids is 1. The van der Waals surface area contributed by atoms with Gasteiger partial charge in [0.15, 0.2) is 0 Å². The summed E-state index contributed by atoms with van der Waals surface area (Å²) in [4.78, 5) is 27.4. The first kappa shape index (κ1) is 22.3. The van der Waals surface area contributed by atoms with Crippen LogP contribution >= 0.6 is 0 Å². The van der Waals surface area contributed by atoms with Crippen LogP contribution < -0.4 is 20.3 Å². The average Bonchev–Trinajstić information content (AvgIpc) is 2.90. The molecule has 178 valence electrons. The van der Waals surface area contributed by atoms with Crippen molar-refractivity contribution in [1.82, 2.24) is 20.3 Å². The van der Waals surface area contributed by atoms with Gasteiger partial charge >= 0.3 is 0 Å². The van der Waals surface area contributed by atoms with Gasteiger partial charge in [-0.2, -0.15) is 0 Å². The lowest BCUT2D eigenvalue weighted by molar-refractivity contribution is 0.0958. The van der Waals surface area contributed by atoms with Gasteiger partial charge in [-0.15, -0.1) is 0 Å². The van der Waals surface area contributed by atoms with E-state index in [0.717, 1.165) is 74.3 Å². The zero-order chi connectivity index (χ0) is 23.3. The van der Waals surface area contributed by atoms with Gasteiger partial charge in [-0.1, -0.05) is 6.07 Å². The number of aromatic nitrogens is 3.